The van der Waals surface area contributed by atoms with Crippen molar-refractivity contribution in [2.45, 2.75) is 12.2 Å². The summed E-state index contributed by atoms with van der Waals surface area (Å²) in [5.74, 6) is -3.72. The summed E-state index contributed by atoms with van der Waals surface area (Å²) in [6.07, 6.45) is -0.822. The molecule has 0 saturated carbocycles. The van der Waals surface area contributed by atoms with Crippen LogP contribution in [0.1, 0.15) is 5.56 Å². The quantitative estimate of drug-likeness (QED) is 0.375. The van der Waals surface area contributed by atoms with Crippen LogP contribution in [-0.4, -0.2) is 65.4 Å². The lowest BCUT2D eigenvalue weighted by Gasteiger charge is -2.13. The number of esters is 2. The number of carbonyl (C=O) groups excluding carboxylic acids is 2. The van der Waals surface area contributed by atoms with E-state index in [1.807, 2.05) is 0 Å². The fourth-order valence-corrected chi connectivity index (χ4v) is 2.22. The predicted molar refractivity (Wildman–Crippen MR) is 89.0 cm³/mol. The van der Waals surface area contributed by atoms with Crippen molar-refractivity contribution in [3.8, 4) is 17.2 Å². The monoisotopic (exact) mass is 382 g/mol. The van der Waals surface area contributed by atoms with Gasteiger partial charge < -0.3 is 39.4 Å². The van der Waals surface area contributed by atoms with E-state index in [1.165, 1.54) is 32.4 Å². The second kappa shape index (κ2) is 8.43. The minimum Gasteiger partial charge on any atom is -0.505 e. The second-order valence-electron chi connectivity index (χ2n) is 5.32. The Morgan fingerprint density at radius 2 is 1.85 bits per heavy atom. The first-order valence-corrected chi connectivity index (χ1v) is 7.60. The number of phenols is 1. The molecule has 10 heteroatoms. The Bertz CT molecular complexity index is 770. The van der Waals surface area contributed by atoms with Gasteiger partial charge in [0.05, 0.1) is 20.8 Å². The van der Waals surface area contributed by atoms with Gasteiger partial charge in [-0.2, -0.15) is 0 Å². The van der Waals surface area contributed by atoms with E-state index in [4.69, 9.17) is 19.3 Å². The lowest BCUT2D eigenvalue weighted by Crippen LogP contribution is -2.31. The molecule has 2 atom stereocenters. The zero-order valence-corrected chi connectivity index (χ0v) is 14.4. The van der Waals surface area contributed by atoms with Crippen molar-refractivity contribution in [3.05, 3.63) is 35.3 Å². The number of ether oxygens (including phenoxy) is 4. The Balaban J connectivity index is 2.16. The van der Waals surface area contributed by atoms with Gasteiger partial charge in [0, 0.05) is 6.08 Å². The Hall–Kier alpha value is -3.24. The molecule has 0 radical (unpaired) electrons. The van der Waals surface area contributed by atoms with Gasteiger partial charge in [0.25, 0.3) is 5.76 Å². The van der Waals surface area contributed by atoms with E-state index < -0.39 is 42.3 Å². The van der Waals surface area contributed by atoms with Crippen LogP contribution in [0.25, 0.3) is 6.08 Å². The molecule has 0 unspecified atom stereocenters. The summed E-state index contributed by atoms with van der Waals surface area (Å²) in [5.41, 5.74) is 0.416. The standard InChI is InChI=1S/C17H18O10/c1-24-10-5-8(6-11(25-2)13(10)21)3-4-12(20)26-16-14(22)15(9(19)7-18)27-17(16)23/h3-6,9,15,18-19,21-22H,7H2,1-2H3/t9-,15+/m0/s1. The fraction of sp³-hybridized carbons (Fsp3) is 0.294. The van der Waals surface area contributed by atoms with Crippen LogP contribution >= 0.6 is 0 Å². The van der Waals surface area contributed by atoms with Crippen molar-refractivity contribution in [3.63, 3.8) is 0 Å². The van der Waals surface area contributed by atoms with Gasteiger partial charge in [-0.25, -0.2) is 9.59 Å². The molecule has 2 rings (SSSR count). The number of methoxy groups -OCH3 is 2. The van der Waals surface area contributed by atoms with Crippen molar-refractivity contribution in [2.75, 3.05) is 20.8 Å². The smallest absolute Gasteiger partial charge is 0.378 e. The molecule has 0 amide bonds. The molecule has 27 heavy (non-hydrogen) atoms. The van der Waals surface area contributed by atoms with Gasteiger partial charge in [-0.05, 0) is 23.8 Å². The molecule has 1 aliphatic heterocycles. The number of hydrogen-bond acceptors (Lipinski definition) is 10. The third kappa shape index (κ3) is 4.30. The molecule has 1 aliphatic rings. The predicted octanol–water partition coefficient (Wildman–Crippen LogP) is 0.0140. The number of benzene rings is 1. The van der Waals surface area contributed by atoms with Crippen molar-refractivity contribution < 1.29 is 49.0 Å². The van der Waals surface area contributed by atoms with E-state index in [9.17, 15) is 24.9 Å². The first-order valence-electron chi connectivity index (χ1n) is 7.60. The van der Waals surface area contributed by atoms with Crippen LogP contribution in [0.2, 0.25) is 0 Å². The van der Waals surface area contributed by atoms with Crippen LogP contribution in [-0.2, 0) is 19.1 Å². The summed E-state index contributed by atoms with van der Waals surface area (Å²) in [4.78, 5) is 23.5. The first-order chi connectivity index (χ1) is 12.8. The van der Waals surface area contributed by atoms with Gasteiger partial charge in [-0.1, -0.05) is 0 Å². The lowest BCUT2D eigenvalue weighted by molar-refractivity contribution is -0.151. The molecule has 0 spiro atoms. The Kier molecular flexibility index (Phi) is 6.27. The summed E-state index contributed by atoms with van der Waals surface area (Å²) < 4.78 is 19.4. The molecule has 0 bridgehead atoms. The average Bonchev–Trinajstić information content (AvgIpc) is 2.94. The van der Waals surface area contributed by atoms with E-state index >= 15 is 0 Å². The van der Waals surface area contributed by atoms with Crippen LogP contribution < -0.4 is 9.47 Å². The minimum atomic E-state index is -1.56. The molecule has 0 aliphatic carbocycles. The summed E-state index contributed by atoms with van der Waals surface area (Å²) in [7, 11) is 2.68. The van der Waals surface area contributed by atoms with E-state index in [0.29, 0.717) is 5.56 Å². The zero-order valence-electron chi connectivity index (χ0n) is 14.4. The summed E-state index contributed by atoms with van der Waals surface area (Å²) >= 11 is 0. The van der Waals surface area contributed by atoms with Gasteiger partial charge in [0.1, 0.15) is 6.10 Å². The van der Waals surface area contributed by atoms with Gasteiger partial charge in [0.15, 0.2) is 23.4 Å². The summed E-state index contributed by atoms with van der Waals surface area (Å²) in [5, 5.41) is 38.0. The number of aliphatic hydroxyl groups is 3. The average molecular weight is 382 g/mol. The lowest BCUT2D eigenvalue weighted by atomic mass is 10.1. The molecule has 1 heterocycles. The summed E-state index contributed by atoms with van der Waals surface area (Å²) in [6.45, 7) is -0.770. The maximum absolute atomic E-state index is 11.9. The van der Waals surface area contributed by atoms with E-state index in [-0.39, 0.29) is 17.2 Å². The van der Waals surface area contributed by atoms with Crippen molar-refractivity contribution >= 4 is 18.0 Å². The van der Waals surface area contributed by atoms with Gasteiger partial charge in [0.2, 0.25) is 5.75 Å². The molecule has 4 N–H and O–H groups in total. The first kappa shape index (κ1) is 20.1. The number of carbonyl (C=O) groups is 2. The van der Waals surface area contributed by atoms with Gasteiger partial charge >= 0.3 is 11.9 Å². The number of hydrogen-bond donors (Lipinski definition) is 4. The van der Waals surface area contributed by atoms with E-state index in [1.54, 1.807) is 0 Å². The van der Waals surface area contributed by atoms with E-state index in [2.05, 4.69) is 4.74 Å². The topological polar surface area (TPSA) is 152 Å². The van der Waals surface area contributed by atoms with Crippen LogP contribution in [0.4, 0.5) is 0 Å². The van der Waals surface area contributed by atoms with Crippen LogP contribution in [0.3, 0.4) is 0 Å². The molecule has 1 aromatic rings. The highest BCUT2D eigenvalue weighted by Crippen LogP contribution is 2.37. The molecule has 0 saturated heterocycles. The van der Waals surface area contributed by atoms with Crippen LogP contribution in [0.5, 0.6) is 17.2 Å². The SMILES string of the molecule is COc1cc(C=CC(=O)OC2=C(O)[C@@H]([C@@H](O)CO)OC2=O)cc(OC)c1O. The molecule has 0 aromatic heterocycles. The van der Waals surface area contributed by atoms with Gasteiger partial charge in [-0.3, -0.25) is 0 Å². The van der Waals surface area contributed by atoms with Crippen LogP contribution in [0, 0.1) is 0 Å². The van der Waals surface area contributed by atoms with Gasteiger partial charge in [-0.15, -0.1) is 0 Å². The Morgan fingerprint density at radius 3 is 2.37 bits per heavy atom. The third-order valence-electron chi connectivity index (χ3n) is 3.57. The largest absolute Gasteiger partial charge is 0.505 e. The van der Waals surface area contributed by atoms with Crippen LogP contribution in [0.15, 0.2) is 29.7 Å². The Morgan fingerprint density at radius 1 is 1.26 bits per heavy atom. The molecule has 0 fully saturated rings. The fourth-order valence-electron chi connectivity index (χ4n) is 2.22. The third-order valence-corrected chi connectivity index (χ3v) is 3.57. The number of aliphatic hydroxyl groups excluding tert-OH is 3. The maximum Gasteiger partial charge on any atom is 0.378 e. The van der Waals surface area contributed by atoms with Crippen molar-refractivity contribution in [1.82, 2.24) is 0 Å². The highest BCUT2D eigenvalue weighted by atomic mass is 16.6. The van der Waals surface area contributed by atoms with E-state index in [0.717, 1.165) is 6.08 Å². The Labute approximate surface area is 153 Å². The number of phenolic OH excluding ortho intramolecular Hbond substituents is 1. The molecule has 10 nitrogen and oxygen atoms in total. The molecular formula is C17H18O10. The maximum atomic E-state index is 11.9. The van der Waals surface area contributed by atoms with Crippen molar-refractivity contribution in [2.24, 2.45) is 0 Å². The number of cyclic esters (lactones) is 1. The van der Waals surface area contributed by atoms with Crippen molar-refractivity contribution in [1.29, 1.82) is 0 Å². The highest BCUT2D eigenvalue weighted by Gasteiger charge is 2.41. The second-order valence-corrected chi connectivity index (χ2v) is 5.32. The minimum absolute atomic E-state index is 0.114. The molecule has 146 valence electrons. The molecular weight excluding hydrogens is 364 g/mol. The summed E-state index contributed by atoms with van der Waals surface area (Å²) in [6, 6.07) is 2.85. The molecule has 1 aromatic carbocycles. The highest BCUT2D eigenvalue weighted by molar-refractivity contribution is 5.96. The number of aromatic hydroxyl groups is 1. The zero-order chi connectivity index (χ0) is 20.1. The normalized spacial score (nSPS) is 17.8. The number of rotatable bonds is 7.